The maximum atomic E-state index is 15.0. The standard InChI is InChI=1S/C32H27FN4O5/c33-27-11-8-22-14-26(27)31(39)36-28-17-37(32(40)23-4-2-12-34-16-23)18-29(28)42-24-9-6-20(7-10-24)15-35-30(38)19-41-25-5-1-3-21(22)13-25/h1-14,16,28-29H,15,17-19H2,(H,35,38)(H,36,39)/t28-,29-/m0/s1. The van der Waals surface area contributed by atoms with Crippen LogP contribution in [0.1, 0.15) is 26.3 Å². The van der Waals surface area contributed by atoms with Crippen molar-refractivity contribution in [1.29, 1.82) is 0 Å². The maximum absolute atomic E-state index is 15.0. The fourth-order valence-electron chi connectivity index (χ4n) is 5.02. The van der Waals surface area contributed by atoms with E-state index >= 15 is 0 Å². The Kier molecular flexibility index (Phi) is 7.50. The van der Waals surface area contributed by atoms with E-state index in [1.54, 1.807) is 65.7 Å². The van der Waals surface area contributed by atoms with Gasteiger partial charge in [0.1, 0.15) is 23.4 Å². The number of benzene rings is 3. The largest absolute Gasteiger partial charge is 0.486 e. The first-order chi connectivity index (χ1) is 20.4. The van der Waals surface area contributed by atoms with E-state index in [9.17, 15) is 18.8 Å². The van der Waals surface area contributed by atoms with Crippen molar-refractivity contribution in [3.05, 3.63) is 114 Å². The molecule has 10 heteroatoms. The van der Waals surface area contributed by atoms with E-state index in [0.29, 0.717) is 34.7 Å². The molecule has 3 aromatic carbocycles. The summed E-state index contributed by atoms with van der Waals surface area (Å²) in [5, 5.41) is 5.74. The predicted octanol–water partition coefficient (Wildman–Crippen LogP) is 3.60. The molecule has 4 heterocycles. The van der Waals surface area contributed by atoms with Crippen molar-refractivity contribution >= 4 is 17.7 Å². The fraction of sp³-hybridized carbons (Fsp3) is 0.188. The minimum absolute atomic E-state index is 0.146. The first-order valence-corrected chi connectivity index (χ1v) is 13.5. The number of carbonyl (C=O) groups excluding carboxylic acids is 3. The topological polar surface area (TPSA) is 110 Å². The van der Waals surface area contributed by atoms with Crippen molar-refractivity contribution in [2.75, 3.05) is 19.7 Å². The monoisotopic (exact) mass is 566 g/mol. The summed E-state index contributed by atoms with van der Waals surface area (Å²) in [7, 11) is 0. The van der Waals surface area contributed by atoms with E-state index in [1.165, 1.54) is 18.3 Å². The molecule has 9 nitrogen and oxygen atoms in total. The highest BCUT2D eigenvalue weighted by molar-refractivity contribution is 5.97. The second-order valence-corrected chi connectivity index (χ2v) is 10.1. The third kappa shape index (κ3) is 5.92. The Balaban J connectivity index is 1.33. The van der Waals surface area contributed by atoms with Gasteiger partial charge in [0.05, 0.1) is 23.7 Å². The van der Waals surface area contributed by atoms with E-state index < -0.39 is 23.9 Å². The van der Waals surface area contributed by atoms with Gasteiger partial charge in [-0.3, -0.25) is 19.4 Å². The lowest BCUT2D eigenvalue weighted by Gasteiger charge is -2.21. The number of halogens is 1. The zero-order valence-corrected chi connectivity index (χ0v) is 22.5. The molecule has 212 valence electrons. The summed E-state index contributed by atoms with van der Waals surface area (Å²) in [4.78, 5) is 44.7. The summed E-state index contributed by atoms with van der Waals surface area (Å²) in [6.45, 7) is 0.482. The van der Waals surface area contributed by atoms with Crippen LogP contribution in [-0.2, 0) is 11.3 Å². The number of nitrogens with one attached hydrogen (secondary N) is 2. The lowest BCUT2D eigenvalue weighted by atomic mass is 10.0. The first kappa shape index (κ1) is 26.9. The highest BCUT2D eigenvalue weighted by atomic mass is 19.1. The molecule has 2 N–H and O–H groups in total. The molecule has 3 aliphatic heterocycles. The summed E-state index contributed by atoms with van der Waals surface area (Å²) in [5.74, 6) is -0.867. The third-order valence-corrected chi connectivity index (χ3v) is 7.23. The lowest BCUT2D eigenvalue weighted by molar-refractivity contribution is -0.123. The minimum atomic E-state index is -0.684. The van der Waals surface area contributed by atoms with Crippen LogP contribution in [-0.4, -0.2) is 59.4 Å². The molecule has 0 radical (unpaired) electrons. The number of carbonyl (C=O) groups is 3. The molecular formula is C32H27FN4O5. The number of amides is 3. The van der Waals surface area contributed by atoms with Gasteiger partial charge in [0.15, 0.2) is 6.61 Å². The molecule has 0 unspecified atom stereocenters. The van der Waals surface area contributed by atoms with E-state index in [4.69, 9.17) is 9.47 Å². The number of rotatable bonds is 1. The lowest BCUT2D eigenvalue weighted by Crippen LogP contribution is -2.45. The number of likely N-dealkylation sites (tertiary alicyclic amines) is 1. The molecule has 0 saturated carbocycles. The molecule has 1 fully saturated rings. The normalized spacial score (nSPS) is 18.6. The van der Waals surface area contributed by atoms with Crippen molar-refractivity contribution < 1.29 is 28.2 Å². The third-order valence-electron chi connectivity index (χ3n) is 7.23. The number of hydrogen-bond donors (Lipinski definition) is 2. The fourth-order valence-corrected chi connectivity index (χ4v) is 5.02. The van der Waals surface area contributed by atoms with Gasteiger partial charge >= 0.3 is 0 Å². The van der Waals surface area contributed by atoms with Gasteiger partial charge in [-0.05, 0) is 65.2 Å². The van der Waals surface area contributed by atoms with Gasteiger partial charge in [-0.1, -0.05) is 30.3 Å². The quantitative estimate of drug-likeness (QED) is 0.365. The molecule has 42 heavy (non-hydrogen) atoms. The number of aromatic nitrogens is 1. The van der Waals surface area contributed by atoms with Gasteiger partial charge in [0.2, 0.25) is 0 Å². The molecule has 2 atom stereocenters. The van der Waals surface area contributed by atoms with Crippen molar-refractivity contribution in [2.45, 2.75) is 18.7 Å². The molecule has 7 rings (SSSR count). The Morgan fingerprint density at radius 1 is 0.929 bits per heavy atom. The zero-order chi connectivity index (χ0) is 29.1. The van der Waals surface area contributed by atoms with E-state index in [0.717, 1.165) is 5.56 Å². The van der Waals surface area contributed by atoms with Crippen LogP contribution in [0.25, 0.3) is 11.1 Å². The Morgan fingerprint density at radius 2 is 1.76 bits per heavy atom. The Morgan fingerprint density at radius 3 is 2.57 bits per heavy atom. The van der Waals surface area contributed by atoms with E-state index in [1.807, 2.05) is 12.1 Å². The number of fused-ring (bicyclic) bond motifs is 7. The Hall–Kier alpha value is -5.25. The zero-order valence-electron chi connectivity index (χ0n) is 22.5. The van der Waals surface area contributed by atoms with Gasteiger partial charge < -0.3 is 25.0 Å². The summed E-state index contributed by atoms with van der Waals surface area (Å²) < 4.78 is 26.9. The van der Waals surface area contributed by atoms with Crippen LogP contribution in [0.15, 0.2) is 91.3 Å². The Labute approximate surface area is 241 Å². The van der Waals surface area contributed by atoms with Crippen molar-refractivity contribution in [3.8, 4) is 22.6 Å². The summed E-state index contributed by atoms with van der Waals surface area (Å²) in [6.07, 6.45) is 2.46. The van der Waals surface area contributed by atoms with Gasteiger partial charge in [-0.25, -0.2) is 4.39 Å². The van der Waals surface area contributed by atoms with Crippen LogP contribution in [0, 0.1) is 5.82 Å². The van der Waals surface area contributed by atoms with Gasteiger partial charge in [0, 0.05) is 25.5 Å². The highest BCUT2D eigenvalue weighted by Crippen LogP contribution is 2.27. The summed E-state index contributed by atoms with van der Waals surface area (Å²) in [6, 6.07) is 21.2. The maximum Gasteiger partial charge on any atom is 0.258 e. The smallest absolute Gasteiger partial charge is 0.258 e. The van der Waals surface area contributed by atoms with Crippen molar-refractivity contribution in [1.82, 2.24) is 20.5 Å². The summed E-state index contributed by atoms with van der Waals surface area (Å²) in [5.41, 5.74) is 2.40. The number of ether oxygens (including phenoxy) is 2. The summed E-state index contributed by atoms with van der Waals surface area (Å²) >= 11 is 0. The number of hydrogen-bond acceptors (Lipinski definition) is 6. The molecule has 4 aromatic rings. The molecule has 0 aliphatic carbocycles. The van der Waals surface area contributed by atoms with Crippen LogP contribution >= 0.6 is 0 Å². The number of nitrogens with zero attached hydrogens (tertiary/aromatic N) is 2. The predicted molar refractivity (Wildman–Crippen MR) is 151 cm³/mol. The van der Waals surface area contributed by atoms with E-state index in [-0.39, 0.29) is 37.1 Å². The van der Waals surface area contributed by atoms with Crippen LogP contribution in [0.4, 0.5) is 4.39 Å². The molecule has 1 aromatic heterocycles. The van der Waals surface area contributed by atoms with E-state index in [2.05, 4.69) is 15.6 Å². The first-order valence-electron chi connectivity index (χ1n) is 13.5. The second-order valence-electron chi connectivity index (χ2n) is 10.1. The van der Waals surface area contributed by atoms with Crippen LogP contribution in [0.2, 0.25) is 0 Å². The average molecular weight is 567 g/mol. The van der Waals surface area contributed by atoms with Gasteiger partial charge in [-0.2, -0.15) is 0 Å². The van der Waals surface area contributed by atoms with Crippen LogP contribution in [0.5, 0.6) is 11.5 Å². The Bertz CT molecular complexity index is 1630. The molecule has 3 amide bonds. The van der Waals surface area contributed by atoms with Gasteiger partial charge in [-0.15, -0.1) is 0 Å². The molecule has 1 saturated heterocycles. The second kappa shape index (κ2) is 11.7. The highest BCUT2D eigenvalue weighted by Gasteiger charge is 2.38. The van der Waals surface area contributed by atoms with Crippen molar-refractivity contribution in [2.24, 2.45) is 0 Å². The molecule has 6 bridgehead atoms. The minimum Gasteiger partial charge on any atom is -0.486 e. The van der Waals surface area contributed by atoms with Crippen LogP contribution in [0.3, 0.4) is 0 Å². The van der Waals surface area contributed by atoms with Crippen molar-refractivity contribution in [3.63, 3.8) is 0 Å². The molecule has 3 aliphatic rings. The SMILES string of the molecule is O=C1COc2cccc(c2)-c2ccc(F)c(c2)C(=O)N[C@H]2CN(C(=O)c3cccnc3)C[C@@H]2Oc2ccc(cc2)CN1. The molecule has 0 spiro atoms. The number of pyridine rings is 1. The van der Waals surface area contributed by atoms with Gasteiger partial charge in [0.25, 0.3) is 17.7 Å². The average Bonchev–Trinajstić information content (AvgIpc) is 3.41. The molecular weight excluding hydrogens is 539 g/mol. The van der Waals surface area contributed by atoms with Crippen LogP contribution < -0.4 is 20.1 Å².